The van der Waals surface area contributed by atoms with E-state index in [2.05, 4.69) is 40.5 Å². The van der Waals surface area contributed by atoms with E-state index < -0.39 is 0 Å². The molecule has 0 aliphatic carbocycles. The summed E-state index contributed by atoms with van der Waals surface area (Å²) in [6.45, 7) is 5.03. The van der Waals surface area contributed by atoms with Crippen LogP contribution in [0.25, 0.3) is 0 Å². The van der Waals surface area contributed by atoms with Crippen LogP contribution in [0.15, 0.2) is 30.3 Å². The topological polar surface area (TPSA) is 15.3 Å². The van der Waals surface area contributed by atoms with Gasteiger partial charge in [-0.2, -0.15) is 0 Å². The maximum atomic E-state index is 3.61. The predicted molar refractivity (Wildman–Crippen MR) is 66.5 cm³/mol. The highest BCUT2D eigenvalue weighted by Gasteiger charge is 2.35. The van der Waals surface area contributed by atoms with Crippen molar-refractivity contribution in [2.75, 3.05) is 26.2 Å². The lowest BCUT2D eigenvalue weighted by Gasteiger charge is -2.16. The first-order valence-corrected chi connectivity index (χ1v) is 6.41. The third-order valence-electron chi connectivity index (χ3n) is 4.00. The van der Waals surface area contributed by atoms with Gasteiger partial charge in [-0.05, 0) is 30.9 Å². The lowest BCUT2D eigenvalue weighted by molar-refractivity contribution is 0.318. The van der Waals surface area contributed by atoms with Gasteiger partial charge in [-0.15, -0.1) is 0 Å². The van der Waals surface area contributed by atoms with E-state index in [-0.39, 0.29) is 0 Å². The molecule has 1 aromatic rings. The van der Waals surface area contributed by atoms with Gasteiger partial charge in [0, 0.05) is 25.7 Å². The Bertz CT molecular complexity index is 324. The van der Waals surface area contributed by atoms with Crippen molar-refractivity contribution in [2.24, 2.45) is 5.92 Å². The van der Waals surface area contributed by atoms with E-state index in [9.17, 15) is 0 Å². The van der Waals surface area contributed by atoms with E-state index >= 15 is 0 Å². The molecule has 2 atom stereocenters. The van der Waals surface area contributed by atoms with E-state index in [0.717, 1.165) is 12.0 Å². The van der Waals surface area contributed by atoms with Crippen molar-refractivity contribution in [1.82, 2.24) is 10.2 Å². The summed E-state index contributed by atoms with van der Waals surface area (Å²) >= 11 is 0. The molecule has 16 heavy (non-hydrogen) atoms. The van der Waals surface area contributed by atoms with Gasteiger partial charge in [0.05, 0.1) is 0 Å². The number of hydrogen-bond donors (Lipinski definition) is 1. The molecule has 86 valence electrons. The fourth-order valence-electron chi connectivity index (χ4n) is 3.05. The number of hydrogen-bond acceptors (Lipinski definition) is 2. The maximum Gasteiger partial charge on any atom is 0.0235 e. The predicted octanol–water partition coefficient (Wildman–Crippen LogP) is 1.52. The monoisotopic (exact) mass is 216 g/mol. The molecule has 0 aromatic heterocycles. The maximum absolute atomic E-state index is 3.61. The average molecular weight is 216 g/mol. The summed E-state index contributed by atoms with van der Waals surface area (Å²) < 4.78 is 0. The van der Waals surface area contributed by atoms with Crippen molar-refractivity contribution in [3.05, 3.63) is 35.9 Å². The Morgan fingerprint density at radius 1 is 1.19 bits per heavy atom. The lowest BCUT2D eigenvalue weighted by atomic mass is 10.1. The Morgan fingerprint density at radius 2 is 2.06 bits per heavy atom. The number of benzene rings is 1. The second-order valence-corrected chi connectivity index (χ2v) is 5.10. The van der Waals surface area contributed by atoms with Crippen LogP contribution < -0.4 is 5.32 Å². The standard InChI is InChI=1S/C14H20N2/c1-2-4-12(5-3-1)7-9-16-10-13-6-8-15-14(13)11-16/h1-5,13-15H,6-11H2/t13-,14+/m1/s1. The summed E-state index contributed by atoms with van der Waals surface area (Å²) in [6, 6.07) is 11.6. The molecule has 2 saturated heterocycles. The Morgan fingerprint density at radius 3 is 2.88 bits per heavy atom. The molecule has 2 heteroatoms. The molecule has 0 amide bonds. The molecule has 2 aliphatic rings. The van der Waals surface area contributed by atoms with E-state index in [1.54, 1.807) is 0 Å². The second-order valence-electron chi connectivity index (χ2n) is 5.10. The van der Waals surface area contributed by atoms with Crippen molar-refractivity contribution >= 4 is 0 Å². The quantitative estimate of drug-likeness (QED) is 0.824. The zero-order valence-corrected chi connectivity index (χ0v) is 9.73. The summed E-state index contributed by atoms with van der Waals surface area (Å²) in [6.07, 6.45) is 2.58. The van der Waals surface area contributed by atoms with Crippen molar-refractivity contribution in [1.29, 1.82) is 0 Å². The average Bonchev–Trinajstić information content (AvgIpc) is 2.88. The van der Waals surface area contributed by atoms with Gasteiger partial charge in [0.25, 0.3) is 0 Å². The Balaban J connectivity index is 1.50. The number of rotatable bonds is 3. The van der Waals surface area contributed by atoms with Gasteiger partial charge in [-0.25, -0.2) is 0 Å². The van der Waals surface area contributed by atoms with Gasteiger partial charge in [0.2, 0.25) is 0 Å². The number of nitrogens with one attached hydrogen (secondary N) is 1. The smallest absolute Gasteiger partial charge is 0.0235 e. The molecular formula is C14H20N2. The normalized spacial score (nSPS) is 29.5. The first-order valence-electron chi connectivity index (χ1n) is 6.41. The zero-order valence-electron chi connectivity index (χ0n) is 9.73. The second kappa shape index (κ2) is 4.56. The molecule has 2 aliphatic heterocycles. The molecule has 2 heterocycles. The molecule has 0 spiro atoms. The summed E-state index contributed by atoms with van der Waals surface area (Å²) in [5.74, 6) is 0.927. The van der Waals surface area contributed by atoms with E-state index in [0.29, 0.717) is 0 Å². The van der Waals surface area contributed by atoms with Gasteiger partial charge in [0.1, 0.15) is 0 Å². The molecule has 2 fully saturated rings. The summed E-state index contributed by atoms with van der Waals surface area (Å²) in [7, 11) is 0. The minimum atomic E-state index is 0.788. The number of nitrogens with zero attached hydrogens (tertiary/aromatic N) is 1. The van der Waals surface area contributed by atoms with E-state index in [1.165, 1.54) is 44.6 Å². The molecule has 0 radical (unpaired) electrons. The van der Waals surface area contributed by atoms with E-state index in [1.807, 2.05) is 0 Å². The summed E-state index contributed by atoms with van der Waals surface area (Å²) in [4.78, 5) is 2.62. The molecular weight excluding hydrogens is 196 g/mol. The minimum Gasteiger partial charge on any atom is -0.312 e. The SMILES string of the molecule is c1ccc(CCN2C[C@H]3CCN[C@H]3C2)cc1. The molecule has 0 bridgehead atoms. The number of fused-ring (bicyclic) bond motifs is 1. The zero-order chi connectivity index (χ0) is 10.8. The van der Waals surface area contributed by atoms with Gasteiger partial charge in [-0.1, -0.05) is 30.3 Å². The van der Waals surface area contributed by atoms with Crippen LogP contribution in [0.1, 0.15) is 12.0 Å². The Hall–Kier alpha value is -0.860. The molecule has 3 rings (SSSR count). The highest BCUT2D eigenvalue weighted by Crippen LogP contribution is 2.24. The van der Waals surface area contributed by atoms with Crippen LogP contribution >= 0.6 is 0 Å². The fraction of sp³-hybridized carbons (Fsp3) is 0.571. The van der Waals surface area contributed by atoms with Crippen LogP contribution in [-0.2, 0) is 6.42 Å². The third-order valence-corrected chi connectivity index (χ3v) is 4.00. The molecule has 0 unspecified atom stereocenters. The first-order chi connectivity index (χ1) is 7.92. The lowest BCUT2D eigenvalue weighted by Crippen LogP contribution is -2.31. The summed E-state index contributed by atoms with van der Waals surface area (Å²) in [5.41, 5.74) is 1.47. The Kier molecular flexibility index (Phi) is 2.94. The minimum absolute atomic E-state index is 0.788. The van der Waals surface area contributed by atoms with Crippen molar-refractivity contribution < 1.29 is 0 Å². The van der Waals surface area contributed by atoms with Crippen molar-refractivity contribution in [2.45, 2.75) is 18.9 Å². The van der Waals surface area contributed by atoms with Gasteiger partial charge >= 0.3 is 0 Å². The molecule has 0 saturated carbocycles. The largest absolute Gasteiger partial charge is 0.312 e. The van der Waals surface area contributed by atoms with Crippen molar-refractivity contribution in [3.63, 3.8) is 0 Å². The van der Waals surface area contributed by atoms with Gasteiger partial charge in [0.15, 0.2) is 0 Å². The highest BCUT2D eigenvalue weighted by atomic mass is 15.2. The molecule has 1 aromatic carbocycles. The van der Waals surface area contributed by atoms with Crippen LogP contribution in [-0.4, -0.2) is 37.1 Å². The third kappa shape index (κ3) is 2.13. The molecule has 1 N–H and O–H groups in total. The van der Waals surface area contributed by atoms with E-state index in [4.69, 9.17) is 0 Å². The van der Waals surface area contributed by atoms with Crippen LogP contribution in [0.3, 0.4) is 0 Å². The molecule has 2 nitrogen and oxygen atoms in total. The first kappa shape index (κ1) is 10.3. The highest BCUT2D eigenvalue weighted by molar-refractivity contribution is 5.15. The summed E-state index contributed by atoms with van der Waals surface area (Å²) in [5, 5.41) is 3.61. The van der Waals surface area contributed by atoms with Gasteiger partial charge in [-0.3, -0.25) is 0 Å². The van der Waals surface area contributed by atoms with Crippen LogP contribution in [0.2, 0.25) is 0 Å². The van der Waals surface area contributed by atoms with Crippen LogP contribution in [0, 0.1) is 5.92 Å². The van der Waals surface area contributed by atoms with Crippen LogP contribution in [0.4, 0.5) is 0 Å². The van der Waals surface area contributed by atoms with Crippen molar-refractivity contribution in [3.8, 4) is 0 Å². The van der Waals surface area contributed by atoms with Crippen LogP contribution in [0.5, 0.6) is 0 Å². The Labute approximate surface area is 97.6 Å². The number of likely N-dealkylation sites (tertiary alicyclic amines) is 1. The fourth-order valence-corrected chi connectivity index (χ4v) is 3.05. The van der Waals surface area contributed by atoms with Gasteiger partial charge < -0.3 is 10.2 Å².